The van der Waals surface area contributed by atoms with Gasteiger partial charge in [0.1, 0.15) is 0 Å². The lowest BCUT2D eigenvalue weighted by Crippen LogP contribution is -2.43. The summed E-state index contributed by atoms with van der Waals surface area (Å²) in [7, 11) is -1.18. The molecule has 106 valence electrons. The summed E-state index contributed by atoms with van der Waals surface area (Å²) in [5.41, 5.74) is 0. The van der Waals surface area contributed by atoms with Crippen molar-refractivity contribution in [2.75, 3.05) is 18.6 Å². The first-order valence-corrected chi connectivity index (χ1v) is 9.33. The van der Waals surface area contributed by atoms with E-state index >= 15 is 0 Å². The summed E-state index contributed by atoms with van der Waals surface area (Å²) in [5, 5.41) is 6.34. The summed E-state index contributed by atoms with van der Waals surface area (Å²) in [6.45, 7) is 0.676. The fourth-order valence-corrected chi connectivity index (χ4v) is 5.01. The van der Waals surface area contributed by atoms with Crippen LogP contribution in [-0.4, -0.2) is 39.0 Å². The lowest BCUT2D eigenvalue weighted by atomic mass is 10.3. The highest BCUT2D eigenvalue weighted by molar-refractivity contribution is 9.11. The van der Waals surface area contributed by atoms with Crippen LogP contribution in [-0.2, 0) is 16.4 Å². The number of nitrogens with zero attached hydrogens (tertiary/aromatic N) is 1. The monoisotopic (exact) mass is 365 g/mol. The normalized spacial score (nSPS) is 22.4. The van der Waals surface area contributed by atoms with Gasteiger partial charge in [-0.2, -0.15) is 0 Å². The number of guanidine groups is 1. The first-order valence-electron chi connectivity index (χ1n) is 5.90. The van der Waals surface area contributed by atoms with Gasteiger partial charge in [-0.05, 0) is 34.5 Å². The van der Waals surface area contributed by atoms with Gasteiger partial charge in [-0.3, -0.25) is 4.99 Å². The van der Waals surface area contributed by atoms with Crippen molar-refractivity contribution >= 4 is 43.1 Å². The molecule has 0 saturated carbocycles. The fourth-order valence-electron chi connectivity index (χ4n) is 1.91. The number of hydrogen-bond donors (Lipinski definition) is 2. The minimum atomic E-state index is -2.86. The lowest BCUT2D eigenvalue weighted by Gasteiger charge is -2.15. The summed E-state index contributed by atoms with van der Waals surface area (Å²) in [6, 6.07) is 4.00. The number of rotatable bonds is 3. The molecule has 0 radical (unpaired) electrons. The molecule has 0 amide bonds. The van der Waals surface area contributed by atoms with E-state index < -0.39 is 9.84 Å². The molecule has 1 aromatic rings. The summed E-state index contributed by atoms with van der Waals surface area (Å²) in [6.07, 6.45) is 0.646. The van der Waals surface area contributed by atoms with Crippen molar-refractivity contribution in [3.63, 3.8) is 0 Å². The van der Waals surface area contributed by atoms with Crippen LogP contribution in [0.1, 0.15) is 11.3 Å². The number of thiophene rings is 1. The molecular formula is C11H16BrN3O2S2. The molecule has 1 aromatic heterocycles. The summed E-state index contributed by atoms with van der Waals surface area (Å²) in [4.78, 5) is 5.30. The van der Waals surface area contributed by atoms with Gasteiger partial charge in [0.05, 0.1) is 21.8 Å². The molecule has 2 N–H and O–H groups in total. The third-order valence-electron chi connectivity index (χ3n) is 2.86. The highest BCUT2D eigenvalue weighted by atomic mass is 79.9. The standard InChI is InChI=1S/C11H16BrN3O2S2/c1-13-11(14-6-9-2-3-10(12)18-9)15-8-4-5-19(16,17)7-8/h2-3,8H,4-7H2,1H3,(H2,13,14,15). The predicted molar refractivity (Wildman–Crippen MR) is 82.4 cm³/mol. The van der Waals surface area contributed by atoms with Crippen molar-refractivity contribution in [1.82, 2.24) is 10.6 Å². The topological polar surface area (TPSA) is 70.6 Å². The Bertz CT molecular complexity index is 568. The van der Waals surface area contributed by atoms with Crippen LogP contribution < -0.4 is 10.6 Å². The van der Waals surface area contributed by atoms with E-state index in [0.29, 0.717) is 18.9 Å². The molecule has 0 aromatic carbocycles. The minimum Gasteiger partial charge on any atom is -0.353 e. The van der Waals surface area contributed by atoms with Crippen molar-refractivity contribution in [3.8, 4) is 0 Å². The molecule has 1 fully saturated rings. The average molecular weight is 366 g/mol. The average Bonchev–Trinajstić information content (AvgIpc) is 2.90. The Labute approximate surface area is 125 Å². The second kappa shape index (κ2) is 6.23. The molecule has 0 aliphatic carbocycles. The van der Waals surface area contributed by atoms with Crippen LogP contribution in [0, 0.1) is 0 Å². The van der Waals surface area contributed by atoms with E-state index in [0.717, 1.165) is 3.79 Å². The quantitative estimate of drug-likeness (QED) is 0.626. The van der Waals surface area contributed by atoms with E-state index in [-0.39, 0.29) is 17.5 Å². The molecule has 2 heterocycles. The molecule has 5 nitrogen and oxygen atoms in total. The van der Waals surface area contributed by atoms with Gasteiger partial charge in [0.2, 0.25) is 0 Å². The van der Waals surface area contributed by atoms with Gasteiger partial charge >= 0.3 is 0 Å². The molecule has 1 aliphatic heterocycles. The minimum absolute atomic E-state index is 0.0359. The van der Waals surface area contributed by atoms with E-state index in [1.807, 2.05) is 12.1 Å². The lowest BCUT2D eigenvalue weighted by molar-refractivity contribution is 0.599. The van der Waals surface area contributed by atoms with Crippen LogP contribution in [0.25, 0.3) is 0 Å². The molecular weight excluding hydrogens is 350 g/mol. The fraction of sp³-hybridized carbons (Fsp3) is 0.545. The zero-order chi connectivity index (χ0) is 13.9. The van der Waals surface area contributed by atoms with Crippen LogP contribution in [0.4, 0.5) is 0 Å². The third-order valence-corrected chi connectivity index (χ3v) is 6.25. The molecule has 8 heteroatoms. The highest BCUT2D eigenvalue weighted by Crippen LogP contribution is 2.21. The Morgan fingerprint density at radius 1 is 1.58 bits per heavy atom. The Balaban J connectivity index is 1.84. The van der Waals surface area contributed by atoms with Crippen molar-refractivity contribution in [1.29, 1.82) is 0 Å². The summed E-state index contributed by atoms with van der Waals surface area (Å²) in [5.74, 6) is 1.10. The van der Waals surface area contributed by atoms with Crippen LogP contribution in [0.15, 0.2) is 20.9 Å². The molecule has 0 spiro atoms. The number of hydrogen-bond acceptors (Lipinski definition) is 4. The van der Waals surface area contributed by atoms with Crippen LogP contribution in [0.3, 0.4) is 0 Å². The SMILES string of the molecule is CN=C(NCc1ccc(Br)s1)NC1CCS(=O)(=O)C1. The first kappa shape index (κ1) is 14.8. The van der Waals surface area contributed by atoms with E-state index in [1.54, 1.807) is 18.4 Å². The molecule has 1 saturated heterocycles. The molecule has 0 bridgehead atoms. The van der Waals surface area contributed by atoms with E-state index in [1.165, 1.54) is 4.88 Å². The number of aliphatic imine (C=N–C) groups is 1. The smallest absolute Gasteiger partial charge is 0.191 e. The summed E-state index contributed by atoms with van der Waals surface area (Å²) >= 11 is 5.08. The van der Waals surface area contributed by atoms with Crippen molar-refractivity contribution < 1.29 is 8.42 Å². The Kier molecular flexibility index (Phi) is 4.86. The number of nitrogens with one attached hydrogen (secondary N) is 2. The zero-order valence-corrected chi connectivity index (χ0v) is 13.7. The predicted octanol–water partition coefficient (Wildman–Crippen LogP) is 1.36. The maximum Gasteiger partial charge on any atom is 0.191 e. The third kappa shape index (κ3) is 4.47. The van der Waals surface area contributed by atoms with Crippen molar-refractivity contribution in [2.45, 2.75) is 19.0 Å². The maximum atomic E-state index is 11.4. The Morgan fingerprint density at radius 2 is 2.37 bits per heavy atom. The van der Waals surface area contributed by atoms with E-state index in [9.17, 15) is 8.42 Å². The van der Waals surface area contributed by atoms with Gasteiger partial charge in [0.15, 0.2) is 15.8 Å². The molecule has 19 heavy (non-hydrogen) atoms. The molecule has 1 aliphatic rings. The number of sulfone groups is 1. The van der Waals surface area contributed by atoms with Gasteiger partial charge in [0, 0.05) is 18.0 Å². The first-order chi connectivity index (χ1) is 8.98. The largest absolute Gasteiger partial charge is 0.353 e. The Hall–Kier alpha value is -0.600. The van der Waals surface area contributed by atoms with Gasteiger partial charge in [-0.1, -0.05) is 0 Å². The van der Waals surface area contributed by atoms with Crippen molar-refractivity contribution in [3.05, 3.63) is 20.8 Å². The van der Waals surface area contributed by atoms with E-state index in [4.69, 9.17) is 0 Å². The van der Waals surface area contributed by atoms with Crippen LogP contribution in [0.2, 0.25) is 0 Å². The van der Waals surface area contributed by atoms with Crippen LogP contribution >= 0.6 is 27.3 Å². The molecule has 1 unspecified atom stereocenters. The second-order valence-corrected chi connectivity index (χ2v) is 9.15. The second-order valence-electron chi connectivity index (χ2n) is 4.38. The van der Waals surface area contributed by atoms with E-state index in [2.05, 4.69) is 31.6 Å². The van der Waals surface area contributed by atoms with Gasteiger partial charge in [-0.25, -0.2) is 8.42 Å². The zero-order valence-electron chi connectivity index (χ0n) is 10.5. The summed E-state index contributed by atoms with van der Waals surface area (Å²) < 4.78 is 23.9. The molecule has 1 atom stereocenters. The van der Waals surface area contributed by atoms with Gasteiger partial charge in [-0.15, -0.1) is 11.3 Å². The van der Waals surface area contributed by atoms with Crippen LogP contribution in [0.5, 0.6) is 0 Å². The molecule has 2 rings (SSSR count). The van der Waals surface area contributed by atoms with Gasteiger partial charge in [0.25, 0.3) is 0 Å². The highest BCUT2D eigenvalue weighted by Gasteiger charge is 2.28. The maximum absolute atomic E-state index is 11.4. The van der Waals surface area contributed by atoms with Gasteiger partial charge < -0.3 is 10.6 Å². The van der Waals surface area contributed by atoms with Crippen molar-refractivity contribution in [2.24, 2.45) is 4.99 Å². The Morgan fingerprint density at radius 3 is 2.89 bits per heavy atom. The number of halogens is 1.